The van der Waals surface area contributed by atoms with Crippen LogP contribution in [0.4, 0.5) is 5.69 Å². The predicted octanol–water partition coefficient (Wildman–Crippen LogP) is 4.71. The van der Waals surface area contributed by atoms with Gasteiger partial charge in [-0.1, -0.05) is 15.9 Å². The molecule has 0 fully saturated rings. The summed E-state index contributed by atoms with van der Waals surface area (Å²) in [5.41, 5.74) is 0.866. The van der Waals surface area contributed by atoms with Crippen molar-refractivity contribution in [3.05, 3.63) is 61.0 Å². The highest BCUT2D eigenvalue weighted by Gasteiger charge is 2.11. The Morgan fingerprint density at radius 3 is 2.52 bits per heavy atom. The Bertz CT molecular complexity index is 676. The van der Waals surface area contributed by atoms with Crippen molar-refractivity contribution in [3.63, 3.8) is 0 Å². The molecule has 0 N–H and O–H groups in total. The van der Waals surface area contributed by atoms with Crippen LogP contribution in [0.1, 0.15) is 5.56 Å². The van der Waals surface area contributed by atoms with E-state index in [9.17, 15) is 10.1 Å². The molecule has 2 aromatic carbocycles. The average Bonchev–Trinajstić information content (AvgIpc) is 2.47. The number of hydrogen-bond acceptors (Lipinski definition) is 4. The third kappa shape index (κ3) is 3.95. The van der Waals surface area contributed by atoms with E-state index in [4.69, 9.17) is 9.47 Å². The Morgan fingerprint density at radius 2 is 1.86 bits per heavy atom. The molecule has 2 rings (SSSR count). The van der Waals surface area contributed by atoms with Crippen LogP contribution < -0.4 is 9.47 Å². The number of hydrogen-bond donors (Lipinski definition) is 0. The van der Waals surface area contributed by atoms with Crippen molar-refractivity contribution in [3.8, 4) is 11.5 Å². The minimum atomic E-state index is -0.458. The SMILES string of the molecule is COc1ccc(Br)c(COc2cc([N+](=O)[O-])ccc2Br)c1. The van der Waals surface area contributed by atoms with Gasteiger partial charge in [0, 0.05) is 16.1 Å². The highest BCUT2D eigenvalue weighted by atomic mass is 79.9. The Hall–Kier alpha value is -1.60. The van der Waals surface area contributed by atoms with Gasteiger partial charge in [-0.15, -0.1) is 0 Å². The molecule has 0 spiro atoms. The number of rotatable bonds is 5. The smallest absolute Gasteiger partial charge is 0.273 e. The van der Waals surface area contributed by atoms with Crippen LogP contribution >= 0.6 is 31.9 Å². The number of nitro groups is 1. The maximum atomic E-state index is 10.8. The van der Waals surface area contributed by atoms with E-state index in [1.165, 1.54) is 12.1 Å². The van der Waals surface area contributed by atoms with Crippen molar-refractivity contribution in [1.82, 2.24) is 0 Å². The first-order chi connectivity index (χ1) is 10.0. The fourth-order valence-corrected chi connectivity index (χ4v) is 2.38. The van der Waals surface area contributed by atoms with E-state index in [2.05, 4.69) is 31.9 Å². The van der Waals surface area contributed by atoms with E-state index in [1.807, 2.05) is 18.2 Å². The number of nitrogens with zero attached hydrogens (tertiary/aromatic N) is 1. The molecule has 0 amide bonds. The number of methoxy groups -OCH3 is 1. The standard InChI is InChI=1S/C14H11Br2NO4/c1-20-11-3-5-12(15)9(6-11)8-21-14-7-10(17(18)19)2-4-13(14)16/h2-7H,8H2,1H3. The quantitative estimate of drug-likeness (QED) is 0.523. The Labute approximate surface area is 138 Å². The van der Waals surface area contributed by atoms with Crippen LogP contribution in [0.2, 0.25) is 0 Å². The van der Waals surface area contributed by atoms with E-state index in [-0.39, 0.29) is 12.3 Å². The van der Waals surface area contributed by atoms with E-state index in [0.29, 0.717) is 10.2 Å². The third-order valence-corrected chi connectivity index (χ3v) is 4.19. The molecule has 0 atom stereocenters. The summed E-state index contributed by atoms with van der Waals surface area (Å²) >= 11 is 6.75. The number of halogens is 2. The van der Waals surface area contributed by atoms with Gasteiger partial charge in [-0.2, -0.15) is 0 Å². The third-order valence-electron chi connectivity index (χ3n) is 2.76. The van der Waals surface area contributed by atoms with E-state index in [1.54, 1.807) is 13.2 Å². The van der Waals surface area contributed by atoms with Crippen molar-refractivity contribution < 1.29 is 14.4 Å². The predicted molar refractivity (Wildman–Crippen MR) is 85.8 cm³/mol. The van der Waals surface area contributed by atoms with Crippen LogP contribution in [0.15, 0.2) is 45.3 Å². The minimum Gasteiger partial charge on any atom is -0.497 e. The molecule has 5 nitrogen and oxygen atoms in total. The van der Waals surface area contributed by atoms with Crippen LogP contribution in [0.3, 0.4) is 0 Å². The normalized spacial score (nSPS) is 10.2. The Kier molecular flexibility index (Phi) is 5.19. The largest absolute Gasteiger partial charge is 0.497 e. The van der Waals surface area contributed by atoms with Gasteiger partial charge in [0.1, 0.15) is 18.1 Å². The van der Waals surface area contributed by atoms with Crippen molar-refractivity contribution >= 4 is 37.5 Å². The van der Waals surface area contributed by atoms with Gasteiger partial charge in [0.2, 0.25) is 0 Å². The summed E-state index contributed by atoms with van der Waals surface area (Å²) in [6.45, 7) is 0.261. The number of ether oxygens (including phenoxy) is 2. The molecule has 0 bridgehead atoms. The lowest BCUT2D eigenvalue weighted by atomic mass is 10.2. The van der Waals surface area contributed by atoms with E-state index >= 15 is 0 Å². The zero-order valence-electron chi connectivity index (χ0n) is 11.0. The molecule has 0 unspecified atom stereocenters. The summed E-state index contributed by atoms with van der Waals surface area (Å²) < 4.78 is 12.4. The van der Waals surface area contributed by atoms with Gasteiger partial charge < -0.3 is 9.47 Å². The highest BCUT2D eigenvalue weighted by molar-refractivity contribution is 9.10. The van der Waals surface area contributed by atoms with E-state index < -0.39 is 4.92 Å². The molecule has 21 heavy (non-hydrogen) atoms. The molecule has 0 aliphatic carbocycles. The molecule has 0 aliphatic rings. The van der Waals surface area contributed by atoms with Gasteiger partial charge in [-0.05, 0) is 40.2 Å². The number of nitro benzene ring substituents is 1. The maximum absolute atomic E-state index is 10.8. The summed E-state index contributed by atoms with van der Waals surface area (Å²) in [5.74, 6) is 1.13. The van der Waals surface area contributed by atoms with Crippen LogP contribution in [-0.2, 0) is 6.61 Å². The first-order valence-corrected chi connectivity index (χ1v) is 7.49. The zero-order valence-corrected chi connectivity index (χ0v) is 14.2. The van der Waals surface area contributed by atoms with Gasteiger partial charge in [-0.3, -0.25) is 10.1 Å². The van der Waals surface area contributed by atoms with Crippen molar-refractivity contribution in [2.75, 3.05) is 7.11 Å². The summed E-state index contributed by atoms with van der Waals surface area (Å²) in [6.07, 6.45) is 0. The fourth-order valence-electron chi connectivity index (χ4n) is 1.66. The van der Waals surface area contributed by atoms with Crippen LogP contribution in [-0.4, -0.2) is 12.0 Å². The van der Waals surface area contributed by atoms with Crippen LogP contribution in [0.5, 0.6) is 11.5 Å². The summed E-state index contributed by atoms with van der Waals surface area (Å²) in [7, 11) is 1.59. The van der Waals surface area contributed by atoms with Gasteiger partial charge in [0.05, 0.1) is 22.6 Å². The molecule has 0 aliphatic heterocycles. The van der Waals surface area contributed by atoms with Gasteiger partial charge in [0.25, 0.3) is 5.69 Å². The lowest BCUT2D eigenvalue weighted by molar-refractivity contribution is -0.385. The molecule has 0 aromatic heterocycles. The van der Waals surface area contributed by atoms with Crippen LogP contribution in [0, 0.1) is 10.1 Å². The molecule has 2 aromatic rings. The first-order valence-electron chi connectivity index (χ1n) is 5.90. The second kappa shape index (κ2) is 6.91. The molecule has 0 radical (unpaired) electrons. The van der Waals surface area contributed by atoms with Gasteiger partial charge in [0.15, 0.2) is 0 Å². The maximum Gasteiger partial charge on any atom is 0.273 e. The molecule has 110 valence electrons. The molecule has 0 saturated carbocycles. The van der Waals surface area contributed by atoms with E-state index in [0.717, 1.165) is 15.8 Å². The fraction of sp³-hybridized carbons (Fsp3) is 0.143. The zero-order chi connectivity index (χ0) is 15.4. The van der Waals surface area contributed by atoms with Gasteiger partial charge >= 0.3 is 0 Å². The lowest BCUT2D eigenvalue weighted by Crippen LogP contribution is -1.99. The molecule has 7 heteroatoms. The second-order valence-electron chi connectivity index (χ2n) is 4.12. The molecule has 0 heterocycles. The number of non-ortho nitro benzene ring substituents is 1. The lowest BCUT2D eigenvalue weighted by Gasteiger charge is -2.10. The topological polar surface area (TPSA) is 61.6 Å². The Morgan fingerprint density at radius 1 is 1.14 bits per heavy atom. The van der Waals surface area contributed by atoms with Crippen LogP contribution in [0.25, 0.3) is 0 Å². The summed E-state index contributed by atoms with van der Waals surface area (Å²) in [5, 5.41) is 10.8. The monoisotopic (exact) mass is 415 g/mol. The minimum absolute atomic E-state index is 0.0158. The number of benzene rings is 2. The van der Waals surface area contributed by atoms with Gasteiger partial charge in [-0.25, -0.2) is 0 Å². The second-order valence-corrected chi connectivity index (χ2v) is 5.83. The highest BCUT2D eigenvalue weighted by Crippen LogP contribution is 2.31. The molecule has 0 saturated heterocycles. The summed E-state index contributed by atoms with van der Waals surface area (Å²) in [6, 6.07) is 9.93. The summed E-state index contributed by atoms with van der Waals surface area (Å²) in [4.78, 5) is 10.3. The molecular formula is C14H11Br2NO4. The van der Waals surface area contributed by atoms with Crippen molar-refractivity contribution in [2.24, 2.45) is 0 Å². The Balaban J connectivity index is 2.20. The van der Waals surface area contributed by atoms with Crippen molar-refractivity contribution in [1.29, 1.82) is 0 Å². The average molecular weight is 417 g/mol. The first kappa shape index (κ1) is 15.8. The van der Waals surface area contributed by atoms with Crippen molar-refractivity contribution in [2.45, 2.75) is 6.61 Å². The molecular weight excluding hydrogens is 406 g/mol.